The molecule has 0 aliphatic carbocycles. The van der Waals surface area contributed by atoms with Crippen LogP contribution in [-0.4, -0.2) is 19.1 Å². The number of benzene rings is 1. The van der Waals surface area contributed by atoms with Gasteiger partial charge in [-0.1, -0.05) is 36.4 Å². The minimum absolute atomic E-state index is 0.0462. The highest BCUT2D eigenvalue weighted by molar-refractivity contribution is 6.31. The second kappa shape index (κ2) is 7.19. The summed E-state index contributed by atoms with van der Waals surface area (Å²) in [5.41, 5.74) is 1.41. The van der Waals surface area contributed by atoms with E-state index in [0.717, 1.165) is 5.56 Å². The lowest BCUT2D eigenvalue weighted by atomic mass is 10.1. The smallest absolute Gasteiger partial charge is 0.334 e. The summed E-state index contributed by atoms with van der Waals surface area (Å²) in [5, 5.41) is 3.90. The van der Waals surface area contributed by atoms with Crippen molar-refractivity contribution in [3.05, 3.63) is 47.0 Å². The van der Waals surface area contributed by atoms with E-state index in [2.05, 4.69) is 11.9 Å². The lowest BCUT2D eigenvalue weighted by Gasteiger charge is -2.16. The van der Waals surface area contributed by atoms with Gasteiger partial charge in [-0.25, -0.2) is 4.79 Å². The summed E-state index contributed by atoms with van der Waals surface area (Å²) in [4.78, 5) is 11.4. The van der Waals surface area contributed by atoms with Gasteiger partial charge < -0.3 is 10.1 Å². The predicted octanol–water partition coefficient (Wildman–Crippen LogP) is 3.11. The van der Waals surface area contributed by atoms with Crippen LogP contribution in [0.1, 0.15) is 25.5 Å². The van der Waals surface area contributed by atoms with Gasteiger partial charge in [0.1, 0.15) is 0 Å². The molecule has 0 aliphatic heterocycles. The molecule has 1 aromatic carbocycles. The topological polar surface area (TPSA) is 38.3 Å². The zero-order valence-electron chi connectivity index (χ0n) is 10.7. The van der Waals surface area contributed by atoms with E-state index < -0.39 is 0 Å². The number of esters is 1. The van der Waals surface area contributed by atoms with E-state index in [-0.39, 0.29) is 12.0 Å². The maximum atomic E-state index is 11.4. The maximum Gasteiger partial charge on any atom is 0.334 e. The van der Waals surface area contributed by atoms with E-state index in [1.54, 1.807) is 6.92 Å². The molecular weight excluding hydrogens is 250 g/mol. The van der Waals surface area contributed by atoms with Crippen LogP contribution in [0.5, 0.6) is 0 Å². The van der Waals surface area contributed by atoms with Gasteiger partial charge >= 0.3 is 5.97 Å². The molecule has 4 heteroatoms. The van der Waals surface area contributed by atoms with Crippen molar-refractivity contribution in [3.63, 3.8) is 0 Å². The molecule has 0 fully saturated rings. The Labute approximate surface area is 113 Å². The summed E-state index contributed by atoms with van der Waals surface area (Å²) in [6.07, 6.45) is 0. The second-order valence-electron chi connectivity index (χ2n) is 3.95. The van der Waals surface area contributed by atoms with Crippen molar-refractivity contribution in [2.75, 3.05) is 13.2 Å². The Morgan fingerprint density at radius 1 is 1.50 bits per heavy atom. The Balaban J connectivity index is 2.52. The predicted molar refractivity (Wildman–Crippen MR) is 73.6 cm³/mol. The molecule has 0 radical (unpaired) electrons. The number of ether oxygens (including phenoxy) is 1. The quantitative estimate of drug-likeness (QED) is 0.636. The van der Waals surface area contributed by atoms with Crippen LogP contribution in [0.25, 0.3) is 0 Å². The van der Waals surface area contributed by atoms with E-state index >= 15 is 0 Å². The van der Waals surface area contributed by atoms with Crippen LogP contribution in [0.15, 0.2) is 36.4 Å². The van der Waals surface area contributed by atoms with Crippen LogP contribution in [0, 0.1) is 0 Å². The van der Waals surface area contributed by atoms with Crippen LogP contribution in [0.2, 0.25) is 5.02 Å². The Morgan fingerprint density at radius 3 is 2.78 bits per heavy atom. The van der Waals surface area contributed by atoms with Crippen LogP contribution in [0.3, 0.4) is 0 Å². The number of carbonyl (C=O) groups excluding carboxylic acids is 1. The molecule has 0 spiro atoms. The minimum Gasteiger partial charge on any atom is -0.463 e. The third-order valence-electron chi connectivity index (χ3n) is 2.56. The standard InChI is InChI=1S/C14H18ClNO2/c1-4-18-14(17)10(2)9-16-11(3)12-7-5-6-8-13(12)15/h5-8,11,16H,2,4,9H2,1,3H3/t11-/m0/s1. The molecule has 0 unspecified atom stereocenters. The van der Waals surface area contributed by atoms with Crippen molar-refractivity contribution in [3.8, 4) is 0 Å². The van der Waals surface area contributed by atoms with E-state index in [1.807, 2.05) is 31.2 Å². The Bertz CT molecular complexity index is 432. The minimum atomic E-state index is -0.364. The van der Waals surface area contributed by atoms with Crippen LogP contribution in [0.4, 0.5) is 0 Å². The molecule has 0 saturated heterocycles. The molecule has 0 amide bonds. The summed E-state index contributed by atoms with van der Waals surface area (Å²) in [5.74, 6) is -0.364. The first-order valence-electron chi connectivity index (χ1n) is 5.89. The molecule has 1 rings (SSSR count). The Hall–Kier alpha value is -1.32. The van der Waals surface area contributed by atoms with Crippen LogP contribution >= 0.6 is 11.6 Å². The fourth-order valence-corrected chi connectivity index (χ4v) is 1.82. The van der Waals surface area contributed by atoms with Gasteiger partial charge in [0.15, 0.2) is 0 Å². The molecule has 18 heavy (non-hydrogen) atoms. The van der Waals surface area contributed by atoms with Crippen molar-refractivity contribution in [2.45, 2.75) is 19.9 Å². The van der Waals surface area contributed by atoms with Crippen molar-refractivity contribution >= 4 is 17.6 Å². The first kappa shape index (κ1) is 14.7. The molecule has 1 atom stereocenters. The monoisotopic (exact) mass is 267 g/mol. The molecule has 0 bridgehead atoms. The SMILES string of the molecule is C=C(CN[C@@H](C)c1ccccc1Cl)C(=O)OCC. The van der Waals surface area contributed by atoms with Gasteiger partial charge in [0, 0.05) is 23.2 Å². The zero-order valence-corrected chi connectivity index (χ0v) is 11.5. The molecule has 3 nitrogen and oxygen atoms in total. The van der Waals surface area contributed by atoms with Gasteiger partial charge in [-0.2, -0.15) is 0 Å². The average molecular weight is 268 g/mol. The fourth-order valence-electron chi connectivity index (χ4n) is 1.52. The van der Waals surface area contributed by atoms with Crippen molar-refractivity contribution in [1.82, 2.24) is 5.32 Å². The third kappa shape index (κ3) is 4.17. The number of hydrogen-bond acceptors (Lipinski definition) is 3. The molecule has 0 saturated carbocycles. The van der Waals surface area contributed by atoms with Crippen molar-refractivity contribution in [1.29, 1.82) is 0 Å². The van der Waals surface area contributed by atoms with Gasteiger partial charge in [-0.15, -0.1) is 0 Å². The first-order valence-corrected chi connectivity index (χ1v) is 6.26. The summed E-state index contributed by atoms with van der Waals surface area (Å²) >= 11 is 6.09. The maximum absolute atomic E-state index is 11.4. The normalized spacial score (nSPS) is 11.9. The summed E-state index contributed by atoms with van der Waals surface area (Å²) in [7, 11) is 0. The van der Waals surface area contributed by atoms with E-state index in [0.29, 0.717) is 23.7 Å². The van der Waals surface area contributed by atoms with E-state index in [9.17, 15) is 4.79 Å². The molecule has 98 valence electrons. The highest BCUT2D eigenvalue weighted by Gasteiger charge is 2.12. The van der Waals surface area contributed by atoms with E-state index in [4.69, 9.17) is 16.3 Å². The largest absolute Gasteiger partial charge is 0.463 e. The summed E-state index contributed by atoms with van der Waals surface area (Å²) in [6.45, 7) is 8.19. The molecule has 0 heterocycles. The molecular formula is C14H18ClNO2. The van der Waals surface area contributed by atoms with Gasteiger partial charge in [-0.3, -0.25) is 0 Å². The number of rotatable bonds is 6. The zero-order chi connectivity index (χ0) is 13.5. The highest BCUT2D eigenvalue weighted by Crippen LogP contribution is 2.22. The summed E-state index contributed by atoms with van der Waals surface area (Å²) < 4.78 is 4.86. The Kier molecular flexibility index (Phi) is 5.89. The lowest BCUT2D eigenvalue weighted by Crippen LogP contribution is -2.24. The summed E-state index contributed by atoms with van der Waals surface area (Å²) in [6, 6.07) is 7.66. The second-order valence-corrected chi connectivity index (χ2v) is 4.36. The average Bonchev–Trinajstić information content (AvgIpc) is 2.36. The number of carbonyl (C=O) groups is 1. The van der Waals surface area contributed by atoms with E-state index in [1.165, 1.54) is 0 Å². The van der Waals surface area contributed by atoms with Crippen molar-refractivity contribution < 1.29 is 9.53 Å². The third-order valence-corrected chi connectivity index (χ3v) is 2.90. The molecule has 0 aliphatic rings. The fraction of sp³-hybridized carbons (Fsp3) is 0.357. The van der Waals surface area contributed by atoms with Crippen LogP contribution < -0.4 is 5.32 Å². The van der Waals surface area contributed by atoms with Gasteiger partial charge in [0.2, 0.25) is 0 Å². The molecule has 1 aromatic rings. The molecule has 1 N–H and O–H groups in total. The number of hydrogen-bond donors (Lipinski definition) is 1. The Morgan fingerprint density at radius 2 is 2.17 bits per heavy atom. The van der Waals surface area contributed by atoms with Gasteiger partial charge in [-0.05, 0) is 25.5 Å². The van der Waals surface area contributed by atoms with Crippen LogP contribution in [-0.2, 0) is 9.53 Å². The van der Waals surface area contributed by atoms with Gasteiger partial charge in [0.25, 0.3) is 0 Å². The first-order chi connectivity index (χ1) is 8.56. The number of halogens is 1. The van der Waals surface area contributed by atoms with Crippen molar-refractivity contribution in [2.24, 2.45) is 0 Å². The molecule has 0 aromatic heterocycles. The van der Waals surface area contributed by atoms with Gasteiger partial charge in [0.05, 0.1) is 6.61 Å². The lowest BCUT2D eigenvalue weighted by molar-refractivity contribution is -0.138. The highest BCUT2D eigenvalue weighted by atomic mass is 35.5. The number of nitrogens with one attached hydrogen (secondary N) is 1.